The van der Waals surface area contributed by atoms with Crippen molar-refractivity contribution in [2.45, 2.75) is 19.1 Å². The van der Waals surface area contributed by atoms with Gasteiger partial charge in [0.2, 0.25) is 0 Å². The van der Waals surface area contributed by atoms with E-state index in [1.807, 2.05) is 5.38 Å². The average molecular weight is 614 g/mol. The highest BCUT2D eigenvalue weighted by Gasteiger charge is 2.35. The molecule has 0 amide bonds. The first-order valence-corrected chi connectivity index (χ1v) is 14.4. The smallest absolute Gasteiger partial charge is 0.338 e. The number of nitrogens with zero attached hydrogens (tertiary/aromatic N) is 3. The molecule has 3 heterocycles. The van der Waals surface area contributed by atoms with E-state index in [0.29, 0.717) is 64.1 Å². The Morgan fingerprint density at radius 1 is 1.43 bits per heavy atom. The van der Waals surface area contributed by atoms with Crippen molar-refractivity contribution in [3.05, 3.63) is 61.9 Å². The van der Waals surface area contributed by atoms with Crippen LogP contribution in [0, 0.1) is 5.82 Å². The summed E-state index contributed by atoms with van der Waals surface area (Å²) in [6, 6.07) is 3.55. The standard InChI is InChI=1S/C24H26BrFN4O5S2/c1-2-34-24(33)20-18(11-30-6-7-35-15(10-30)12-36-13-19(31)32)28-22(23-27-5-8-37-23)29-21(20)16-4-3-14(26)9-17(16)25/h3-5,8-9,15,21H,2,6-7,10-13H2,1H3,(H,28,29)(H,31,32). The van der Waals surface area contributed by atoms with Crippen LogP contribution < -0.4 is 5.32 Å². The van der Waals surface area contributed by atoms with Gasteiger partial charge in [-0.3, -0.25) is 14.7 Å². The molecule has 0 aliphatic carbocycles. The number of nitrogens with one attached hydrogen (secondary N) is 1. The number of aromatic nitrogens is 1. The van der Waals surface area contributed by atoms with Gasteiger partial charge in [0.1, 0.15) is 11.9 Å². The Morgan fingerprint density at radius 3 is 2.97 bits per heavy atom. The number of aliphatic imine (C=N–C) groups is 1. The maximum atomic E-state index is 13.9. The Morgan fingerprint density at radius 2 is 2.27 bits per heavy atom. The van der Waals surface area contributed by atoms with Gasteiger partial charge in [-0.1, -0.05) is 22.0 Å². The summed E-state index contributed by atoms with van der Waals surface area (Å²) in [5.41, 5.74) is 1.60. The number of aliphatic carboxylic acids is 1. The van der Waals surface area contributed by atoms with Crippen LogP contribution in [0.3, 0.4) is 0 Å². The molecule has 1 saturated heterocycles. The fraction of sp³-hybridized carbons (Fsp3) is 0.417. The quantitative estimate of drug-likeness (QED) is 0.389. The molecule has 4 rings (SSSR count). The minimum Gasteiger partial charge on any atom is -0.481 e. The topological polar surface area (TPSA) is 113 Å². The molecule has 2 atom stereocenters. The fourth-order valence-electron chi connectivity index (χ4n) is 4.09. The number of carboxylic acid groups (broad SMARTS) is 1. The van der Waals surface area contributed by atoms with Crippen LogP contribution in [0.1, 0.15) is 23.5 Å². The van der Waals surface area contributed by atoms with Crippen molar-refractivity contribution >= 4 is 56.8 Å². The number of halogens is 2. The summed E-state index contributed by atoms with van der Waals surface area (Å²) in [6.07, 6.45) is 1.54. The van der Waals surface area contributed by atoms with Crippen LogP contribution in [0.15, 0.2) is 50.5 Å². The SMILES string of the molecule is CCOC(=O)C1=C(CN2CCOC(CSCC(=O)O)C2)NC(c2nccs2)=NC1c1ccc(F)cc1Br. The molecule has 1 aromatic carbocycles. The summed E-state index contributed by atoms with van der Waals surface area (Å²) < 4.78 is 25.7. The Labute approximate surface area is 230 Å². The van der Waals surface area contributed by atoms with Gasteiger partial charge in [0.25, 0.3) is 0 Å². The van der Waals surface area contributed by atoms with E-state index >= 15 is 0 Å². The summed E-state index contributed by atoms with van der Waals surface area (Å²) in [6.45, 7) is 4.01. The fourth-order valence-corrected chi connectivity index (χ4v) is 6.01. The molecular formula is C24H26BrFN4O5S2. The molecule has 0 bridgehead atoms. The zero-order valence-corrected chi connectivity index (χ0v) is 23.2. The van der Waals surface area contributed by atoms with E-state index in [1.165, 1.54) is 35.2 Å². The molecule has 0 spiro atoms. The van der Waals surface area contributed by atoms with Crippen molar-refractivity contribution in [1.29, 1.82) is 0 Å². The second kappa shape index (κ2) is 13.0. The van der Waals surface area contributed by atoms with Crippen molar-refractivity contribution in [2.75, 3.05) is 44.4 Å². The zero-order valence-electron chi connectivity index (χ0n) is 20.0. The first-order chi connectivity index (χ1) is 17.9. The largest absolute Gasteiger partial charge is 0.481 e. The maximum Gasteiger partial charge on any atom is 0.338 e. The predicted molar refractivity (Wildman–Crippen MR) is 143 cm³/mol. The van der Waals surface area contributed by atoms with Crippen molar-refractivity contribution in [3.8, 4) is 0 Å². The number of carbonyl (C=O) groups excluding carboxylic acids is 1. The minimum absolute atomic E-state index is 0.0153. The number of carbonyl (C=O) groups is 2. The summed E-state index contributed by atoms with van der Waals surface area (Å²) in [4.78, 5) is 35.5. The molecule has 1 fully saturated rings. The highest BCUT2D eigenvalue weighted by atomic mass is 79.9. The third kappa shape index (κ3) is 7.17. The molecule has 2 aromatic rings. The average Bonchev–Trinajstić information content (AvgIpc) is 3.39. The zero-order chi connectivity index (χ0) is 26.4. The summed E-state index contributed by atoms with van der Waals surface area (Å²) in [5, 5.41) is 14.7. The Bertz CT molecular complexity index is 1190. The van der Waals surface area contributed by atoms with Crippen LogP contribution in [0.2, 0.25) is 0 Å². The molecular weight excluding hydrogens is 587 g/mol. The summed E-state index contributed by atoms with van der Waals surface area (Å²) in [5.74, 6) is -0.689. The molecule has 2 aliphatic rings. The lowest BCUT2D eigenvalue weighted by molar-refractivity contribution is -0.139. The third-order valence-corrected chi connectivity index (χ3v) is 8.17. The molecule has 2 unspecified atom stereocenters. The number of hydrogen-bond acceptors (Lipinski definition) is 10. The van der Waals surface area contributed by atoms with E-state index in [1.54, 1.807) is 19.2 Å². The highest BCUT2D eigenvalue weighted by molar-refractivity contribution is 9.10. The van der Waals surface area contributed by atoms with Gasteiger partial charge in [0.05, 0.1) is 30.6 Å². The first kappa shape index (κ1) is 27.7. The van der Waals surface area contributed by atoms with E-state index in [2.05, 4.69) is 31.1 Å². The maximum absolute atomic E-state index is 13.9. The lowest BCUT2D eigenvalue weighted by atomic mass is 9.95. The summed E-state index contributed by atoms with van der Waals surface area (Å²) >= 11 is 6.17. The molecule has 198 valence electrons. The molecule has 2 N–H and O–H groups in total. The number of morpholine rings is 1. The third-order valence-electron chi connectivity index (χ3n) is 5.65. The molecule has 1 aromatic heterocycles. The van der Waals surface area contributed by atoms with Gasteiger partial charge in [-0.05, 0) is 24.6 Å². The normalized spacial score (nSPS) is 20.4. The van der Waals surface area contributed by atoms with Gasteiger partial charge < -0.3 is 19.9 Å². The van der Waals surface area contributed by atoms with Crippen molar-refractivity contribution in [2.24, 2.45) is 4.99 Å². The second-order valence-electron chi connectivity index (χ2n) is 8.26. The highest BCUT2D eigenvalue weighted by Crippen LogP contribution is 2.37. The van der Waals surface area contributed by atoms with E-state index in [4.69, 9.17) is 19.6 Å². The number of thiazole rings is 1. The molecule has 2 aliphatic heterocycles. The number of hydrogen-bond donors (Lipinski definition) is 2. The van der Waals surface area contributed by atoms with Gasteiger partial charge in [-0.2, -0.15) is 0 Å². The van der Waals surface area contributed by atoms with Crippen LogP contribution in [-0.2, 0) is 19.1 Å². The van der Waals surface area contributed by atoms with Gasteiger partial charge in [-0.15, -0.1) is 23.1 Å². The van der Waals surface area contributed by atoms with E-state index in [-0.39, 0.29) is 18.5 Å². The van der Waals surface area contributed by atoms with Gasteiger partial charge in [-0.25, -0.2) is 14.2 Å². The van der Waals surface area contributed by atoms with Crippen LogP contribution >= 0.6 is 39.0 Å². The van der Waals surface area contributed by atoms with Crippen molar-refractivity contribution in [1.82, 2.24) is 15.2 Å². The number of amidine groups is 1. The summed E-state index contributed by atoms with van der Waals surface area (Å²) in [7, 11) is 0. The van der Waals surface area contributed by atoms with Crippen molar-refractivity contribution < 1.29 is 28.6 Å². The Kier molecular flexibility index (Phi) is 9.71. The number of rotatable bonds is 10. The Balaban J connectivity index is 1.68. The van der Waals surface area contributed by atoms with Gasteiger partial charge in [0.15, 0.2) is 10.8 Å². The molecule has 0 saturated carbocycles. The van der Waals surface area contributed by atoms with Gasteiger partial charge in [0, 0.05) is 47.1 Å². The minimum atomic E-state index is -0.861. The van der Waals surface area contributed by atoms with Crippen LogP contribution in [0.5, 0.6) is 0 Å². The molecule has 13 heteroatoms. The second-order valence-corrected chi connectivity index (χ2v) is 11.0. The van der Waals surface area contributed by atoms with E-state index in [0.717, 1.165) is 0 Å². The van der Waals surface area contributed by atoms with Crippen LogP contribution in [0.25, 0.3) is 0 Å². The predicted octanol–water partition coefficient (Wildman–Crippen LogP) is 3.47. The Hall–Kier alpha value is -2.32. The molecule has 37 heavy (non-hydrogen) atoms. The number of thioether (sulfide) groups is 1. The monoisotopic (exact) mass is 612 g/mol. The van der Waals surface area contributed by atoms with Crippen LogP contribution in [0.4, 0.5) is 4.39 Å². The molecule has 9 nitrogen and oxygen atoms in total. The number of ether oxygens (including phenoxy) is 2. The first-order valence-electron chi connectivity index (χ1n) is 11.6. The lowest BCUT2D eigenvalue weighted by Gasteiger charge is -2.35. The number of carboxylic acids is 1. The number of benzene rings is 1. The van der Waals surface area contributed by atoms with Gasteiger partial charge >= 0.3 is 11.9 Å². The number of esters is 1. The van der Waals surface area contributed by atoms with E-state index in [9.17, 15) is 14.0 Å². The van der Waals surface area contributed by atoms with E-state index < -0.39 is 23.8 Å². The van der Waals surface area contributed by atoms with Crippen LogP contribution in [-0.4, -0.2) is 83.2 Å². The van der Waals surface area contributed by atoms with Crippen molar-refractivity contribution in [3.63, 3.8) is 0 Å². The lowest BCUT2D eigenvalue weighted by Crippen LogP contribution is -2.47. The molecule has 0 radical (unpaired) electrons.